The lowest BCUT2D eigenvalue weighted by Crippen LogP contribution is -2.17. The summed E-state index contributed by atoms with van der Waals surface area (Å²) >= 11 is 5.01. The summed E-state index contributed by atoms with van der Waals surface area (Å²) in [7, 11) is 0. The van der Waals surface area contributed by atoms with Gasteiger partial charge in [-0.3, -0.25) is 4.68 Å². The molecule has 2 aromatic heterocycles. The van der Waals surface area contributed by atoms with Crippen molar-refractivity contribution in [2.24, 2.45) is 5.73 Å². The lowest BCUT2D eigenvalue weighted by molar-refractivity contribution is 0.532. The Bertz CT molecular complexity index is 729. The zero-order valence-electron chi connectivity index (χ0n) is 10.9. The molecule has 2 heterocycles. The molecule has 5 nitrogen and oxygen atoms in total. The van der Waals surface area contributed by atoms with E-state index in [2.05, 4.69) is 20.7 Å². The van der Waals surface area contributed by atoms with Gasteiger partial charge < -0.3 is 10.3 Å². The van der Waals surface area contributed by atoms with Crippen LogP contribution in [0, 0.1) is 0 Å². The first kappa shape index (κ1) is 12.8. The van der Waals surface area contributed by atoms with Crippen molar-refractivity contribution in [2.45, 2.75) is 19.5 Å². The summed E-state index contributed by atoms with van der Waals surface area (Å²) in [6, 6.07) is 9.98. The second-order valence-electron chi connectivity index (χ2n) is 4.58. The molecule has 0 saturated carbocycles. The molecule has 0 radical (unpaired) electrons. The van der Waals surface area contributed by atoms with Crippen molar-refractivity contribution >= 4 is 28.2 Å². The normalized spacial score (nSPS) is 11.0. The zero-order valence-corrected chi connectivity index (χ0v) is 11.8. The molecule has 0 atom stereocenters. The maximum atomic E-state index is 5.67. The minimum Gasteiger partial charge on any atom is -0.393 e. The van der Waals surface area contributed by atoms with Gasteiger partial charge in [-0.05, 0) is 18.2 Å². The molecule has 0 aliphatic carbocycles. The Morgan fingerprint density at radius 2 is 2.05 bits per heavy atom. The van der Waals surface area contributed by atoms with Crippen LogP contribution in [0.15, 0.2) is 42.7 Å². The van der Waals surface area contributed by atoms with E-state index in [0.29, 0.717) is 11.4 Å². The van der Waals surface area contributed by atoms with Crippen LogP contribution in [0.1, 0.15) is 5.82 Å². The molecule has 0 aliphatic heterocycles. The van der Waals surface area contributed by atoms with Gasteiger partial charge in [0.2, 0.25) is 0 Å². The summed E-state index contributed by atoms with van der Waals surface area (Å²) in [5, 5.41) is 4.22. The summed E-state index contributed by atoms with van der Waals surface area (Å²) in [6.45, 7) is 1.58. The molecule has 0 aliphatic rings. The first-order valence-electron chi connectivity index (χ1n) is 6.44. The Kier molecular flexibility index (Phi) is 3.47. The molecule has 0 spiro atoms. The van der Waals surface area contributed by atoms with Gasteiger partial charge in [0, 0.05) is 18.9 Å². The standard InChI is InChI=1S/C14H15N5S/c15-13(20)10-14-17-11-4-1-2-5-12(11)19(14)9-8-18-7-3-6-16-18/h1-7H,8-10H2,(H2,15,20). The second-order valence-corrected chi connectivity index (χ2v) is 5.10. The van der Waals surface area contributed by atoms with E-state index in [-0.39, 0.29) is 0 Å². The number of thiocarbonyl (C=S) groups is 1. The van der Waals surface area contributed by atoms with Gasteiger partial charge in [0.05, 0.1) is 29.0 Å². The van der Waals surface area contributed by atoms with Gasteiger partial charge in [0.15, 0.2) is 0 Å². The minimum absolute atomic E-state index is 0.459. The predicted octanol–water partition coefficient (Wildman–Crippen LogP) is 1.76. The maximum absolute atomic E-state index is 5.67. The summed E-state index contributed by atoms with van der Waals surface area (Å²) in [6.07, 6.45) is 4.25. The number of nitrogens with two attached hydrogens (primary N) is 1. The van der Waals surface area contributed by atoms with E-state index in [9.17, 15) is 0 Å². The summed E-state index contributed by atoms with van der Waals surface area (Å²) in [5.74, 6) is 0.908. The van der Waals surface area contributed by atoms with Gasteiger partial charge in [0.25, 0.3) is 0 Å². The Morgan fingerprint density at radius 1 is 1.20 bits per heavy atom. The number of fused-ring (bicyclic) bond motifs is 1. The van der Waals surface area contributed by atoms with E-state index in [1.54, 1.807) is 6.20 Å². The highest BCUT2D eigenvalue weighted by molar-refractivity contribution is 7.80. The third-order valence-electron chi connectivity index (χ3n) is 3.18. The van der Waals surface area contributed by atoms with E-state index in [1.807, 2.05) is 35.1 Å². The van der Waals surface area contributed by atoms with E-state index in [1.165, 1.54) is 0 Å². The highest BCUT2D eigenvalue weighted by Crippen LogP contribution is 2.16. The molecule has 0 saturated heterocycles. The van der Waals surface area contributed by atoms with Crippen LogP contribution >= 0.6 is 12.2 Å². The highest BCUT2D eigenvalue weighted by Gasteiger charge is 2.11. The van der Waals surface area contributed by atoms with Crippen molar-refractivity contribution in [1.82, 2.24) is 19.3 Å². The van der Waals surface area contributed by atoms with Crippen molar-refractivity contribution in [3.8, 4) is 0 Å². The largest absolute Gasteiger partial charge is 0.393 e. The van der Waals surface area contributed by atoms with Crippen molar-refractivity contribution in [2.75, 3.05) is 0 Å². The topological polar surface area (TPSA) is 61.7 Å². The number of aryl methyl sites for hydroxylation is 2. The number of para-hydroxylation sites is 2. The Labute approximate surface area is 122 Å². The van der Waals surface area contributed by atoms with Crippen LogP contribution < -0.4 is 5.73 Å². The van der Waals surface area contributed by atoms with Crippen molar-refractivity contribution in [3.05, 3.63) is 48.5 Å². The predicted molar refractivity (Wildman–Crippen MR) is 82.4 cm³/mol. The Hall–Kier alpha value is -2.21. The van der Waals surface area contributed by atoms with Crippen LogP contribution in [-0.2, 0) is 19.5 Å². The van der Waals surface area contributed by atoms with Gasteiger partial charge in [0.1, 0.15) is 5.82 Å². The van der Waals surface area contributed by atoms with Crippen LogP contribution in [0.4, 0.5) is 0 Å². The second kappa shape index (κ2) is 5.42. The number of nitrogens with zero attached hydrogens (tertiary/aromatic N) is 4. The van der Waals surface area contributed by atoms with Crippen molar-refractivity contribution < 1.29 is 0 Å². The molecule has 0 unspecified atom stereocenters. The Morgan fingerprint density at radius 3 is 2.80 bits per heavy atom. The van der Waals surface area contributed by atoms with Crippen LogP contribution in [0.25, 0.3) is 11.0 Å². The number of hydrogen-bond donors (Lipinski definition) is 1. The molecule has 2 N–H and O–H groups in total. The highest BCUT2D eigenvalue weighted by atomic mass is 32.1. The van der Waals surface area contributed by atoms with E-state index in [4.69, 9.17) is 18.0 Å². The molecule has 102 valence electrons. The van der Waals surface area contributed by atoms with Gasteiger partial charge in [-0.1, -0.05) is 24.4 Å². The molecule has 3 aromatic rings. The first-order valence-corrected chi connectivity index (χ1v) is 6.85. The van der Waals surface area contributed by atoms with Crippen LogP contribution in [0.3, 0.4) is 0 Å². The van der Waals surface area contributed by atoms with Gasteiger partial charge in [-0.2, -0.15) is 5.10 Å². The monoisotopic (exact) mass is 285 g/mol. The number of imidazole rings is 1. The summed E-state index contributed by atoms with van der Waals surface area (Å²) in [5.41, 5.74) is 7.74. The molecule has 20 heavy (non-hydrogen) atoms. The molecule has 0 amide bonds. The summed E-state index contributed by atoms with van der Waals surface area (Å²) < 4.78 is 4.06. The van der Waals surface area contributed by atoms with Crippen LogP contribution in [-0.4, -0.2) is 24.3 Å². The molecular formula is C14H15N5S. The van der Waals surface area contributed by atoms with Gasteiger partial charge in [-0.15, -0.1) is 0 Å². The van der Waals surface area contributed by atoms with E-state index >= 15 is 0 Å². The lowest BCUT2D eigenvalue weighted by Gasteiger charge is -2.09. The van der Waals surface area contributed by atoms with E-state index < -0.39 is 0 Å². The average molecular weight is 285 g/mol. The van der Waals surface area contributed by atoms with Crippen LogP contribution in [0.2, 0.25) is 0 Å². The third-order valence-corrected chi connectivity index (χ3v) is 3.32. The molecule has 1 aromatic carbocycles. The SMILES string of the molecule is NC(=S)Cc1nc2ccccc2n1CCn1cccn1. The number of hydrogen-bond acceptors (Lipinski definition) is 3. The fourth-order valence-electron chi connectivity index (χ4n) is 2.30. The first-order chi connectivity index (χ1) is 9.74. The van der Waals surface area contributed by atoms with Crippen molar-refractivity contribution in [1.29, 1.82) is 0 Å². The summed E-state index contributed by atoms with van der Waals surface area (Å²) in [4.78, 5) is 5.08. The average Bonchev–Trinajstić information content (AvgIpc) is 3.03. The molecule has 6 heteroatoms. The zero-order chi connectivity index (χ0) is 13.9. The number of rotatable bonds is 5. The van der Waals surface area contributed by atoms with Gasteiger partial charge in [-0.25, -0.2) is 4.98 Å². The molecule has 3 rings (SSSR count). The molecule has 0 fully saturated rings. The third kappa shape index (κ3) is 2.55. The Balaban J connectivity index is 1.95. The van der Waals surface area contributed by atoms with E-state index in [0.717, 1.165) is 29.9 Å². The maximum Gasteiger partial charge on any atom is 0.116 e. The number of aromatic nitrogens is 4. The fraction of sp³-hybridized carbons (Fsp3) is 0.214. The minimum atomic E-state index is 0.459. The van der Waals surface area contributed by atoms with Gasteiger partial charge >= 0.3 is 0 Å². The fourth-order valence-corrected chi connectivity index (χ4v) is 2.43. The smallest absolute Gasteiger partial charge is 0.116 e. The van der Waals surface area contributed by atoms with Crippen molar-refractivity contribution in [3.63, 3.8) is 0 Å². The van der Waals surface area contributed by atoms with Crippen LogP contribution in [0.5, 0.6) is 0 Å². The number of benzene rings is 1. The molecular weight excluding hydrogens is 270 g/mol. The molecule has 0 bridgehead atoms. The quantitative estimate of drug-likeness (QED) is 0.726. The lowest BCUT2D eigenvalue weighted by atomic mass is 10.3.